The quantitative estimate of drug-likeness (QED) is 0.522. The fraction of sp³-hybridized carbons (Fsp3) is 0.360. The third kappa shape index (κ3) is 4.93. The van der Waals surface area contributed by atoms with Crippen molar-refractivity contribution in [2.24, 2.45) is 0 Å². The van der Waals surface area contributed by atoms with Gasteiger partial charge in [-0.05, 0) is 31.0 Å². The van der Waals surface area contributed by atoms with Gasteiger partial charge in [-0.1, -0.05) is 36.4 Å². The number of hydrogen-bond acceptors (Lipinski definition) is 6. The first-order valence-electron chi connectivity index (χ1n) is 11.6. The molecule has 2 aromatic carbocycles. The molecule has 0 spiro atoms. The molecule has 1 amide bonds. The van der Waals surface area contributed by atoms with Crippen LogP contribution in [0.1, 0.15) is 28.9 Å². The number of nitrogens with zero attached hydrogens (tertiary/aromatic N) is 4. The average Bonchev–Trinajstić information content (AvgIpc) is 3.58. The first-order chi connectivity index (χ1) is 16.5. The second kappa shape index (κ2) is 9.95. The molecule has 2 saturated heterocycles. The average molecular weight is 497 g/mol. The molecule has 5 rings (SSSR count). The molecular formula is C25H28N4O3S2. The van der Waals surface area contributed by atoms with E-state index >= 15 is 0 Å². The maximum atomic E-state index is 13.1. The van der Waals surface area contributed by atoms with Crippen molar-refractivity contribution >= 4 is 27.3 Å². The van der Waals surface area contributed by atoms with E-state index in [0.29, 0.717) is 31.7 Å². The number of thiazole rings is 1. The number of sulfonamides is 1. The second-order valence-electron chi connectivity index (χ2n) is 8.72. The van der Waals surface area contributed by atoms with E-state index in [1.807, 2.05) is 23.1 Å². The molecule has 0 radical (unpaired) electrons. The zero-order valence-electron chi connectivity index (χ0n) is 19.0. The number of carbonyl (C=O) groups excluding carboxylic acids is 1. The minimum atomic E-state index is -3.54. The molecule has 0 bridgehead atoms. The maximum Gasteiger partial charge on any atom is 0.253 e. The van der Waals surface area contributed by atoms with Crippen LogP contribution < -0.4 is 0 Å². The summed E-state index contributed by atoms with van der Waals surface area (Å²) in [6.45, 7) is 4.60. The van der Waals surface area contributed by atoms with Gasteiger partial charge in [0.15, 0.2) is 0 Å². The Labute approximate surface area is 204 Å². The van der Waals surface area contributed by atoms with E-state index in [2.05, 4.69) is 22.4 Å². The Balaban J connectivity index is 1.19. The van der Waals surface area contributed by atoms with Gasteiger partial charge >= 0.3 is 0 Å². The molecule has 2 aliphatic rings. The van der Waals surface area contributed by atoms with Crippen molar-refractivity contribution in [1.82, 2.24) is 19.1 Å². The van der Waals surface area contributed by atoms with Gasteiger partial charge < -0.3 is 4.90 Å². The van der Waals surface area contributed by atoms with E-state index < -0.39 is 10.0 Å². The van der Waals surface area contributed by atoms with Crippen molar-refractivity contribution in [2.45, 2.75) is 24.3 Å². The third-order valence-electron chi connectivity index (χ3n) is 6.40. The largest absolute Gasteiger partial charge is 0.336 e. The zero-order valence-corrected chi connectivity index (χ0v) is 20.6. The summed E-state index contributed by atoms with van der Waals surface area (Å²) in [4.78, 5) is 22.2. The number of rotatable bonds is 6. The van der Waals surface area contributed by atoms with Crippen LogP contribution in [-0.4, -0.2) is 72.7 Å². The molecule has 0 aliphatic carbocycles. The highest BCUT2D eigenvalue weighted by Crippen LogP contribution is 2.25. The SMILES string of the molecule is O=C(c1cccc(S(=O)(=O)N2CCCC2)c1)N1CCN(Cc2csc(-c3ccccc3)n2)CC1. The molecule has 178 valence electrons. The molecule has 7 nitrogen and oxygen atoms in total. The van der Waals surface area contributed by atoms with Crippen LogP contribution in [0, 0.1) is 0 Å². The highest BCUT2D eigenvalue weighted by molar-refractivity contribution is 7.89. The summed E-state index contributed by atoms with van der Waals surface area (Å²) < 4.78 is 27.3. The molecule has 9 heteroatoms. The topological polar surface area (TPSA) is 73.8 Å². The van der Waals surface area contributed by atoms with Gasteiger partial charge in [-0.15, -0.1) is 11.3 Å². The predicted octanol–water partition coefficient (Wildman–Crippen LogP) is 3.55. The lowest BCUT2D eigenvalue weighted by atomic mass is 10.2. The molecular weight excluding hydrogens is 468 g/mol. The summed E-state index contributed by atoms with van der Waals surface area (Å²) in [6.07, 6.45) is 1.77. The molecule has 34 heavy (non-hydrogen) atoms. The Kier molecular flexibility index (Phi) is 6.78. The van der Waals surface area contributed by atoms with E-state index in [4.69, 9.17) is 4.98 Å². The van der Waals surface area contributed by atoms with Crippen molar-refractivity contribution in [3.63, 3.8) is 0 Å². The van der Waals surface area contributed by atoms with Crippen LogP contribution in [0.2, 0.25) is 0 Å². The van der Waals surface area contributed by atoms with Gasteiger partial charge in [-0.2, -0.15) is 4.31 Å². The van der Waals surface area contributed by atoms with Crippen LogP contribution >= 0.6 is 11.3 Å². The lowest BCUT2D eigenvalue weighted by Crippen LogP contribution is -2.48. The van der Waals surface area contributed by atoms with Crippen molar-refractivity contribution in [3.8, 4) is 10.6 Å². The van der Waals surface area contributed by atoms with Gasteiger partial charge in [-0.3, -0.25) is 9.69 Å². The Morgan fingerprint density at radius 3 is 2.38 bits per heavy atom. The molecule has 0 saturated carbocycles. The second-order valence-corrected chi connectivity index (χ2v) is 11.5. The summed E-state index contributed by atoms with van der Waals surface area (Å²) >= 11 is 1.65. The highest BCUT2D eigenvalue weighted by Gasteiger charge is 2.29. The van der Waals surface area contributed by atoms with Gasteiger partial charge in [0.2, 0.25) is 10.0 Å². The summed E-state index contributed by atoms with van der Waals surface area (Å²) in [5.74, 6) is -0.113. The lowest BCUT2D eigenvalue weighted by Gasteiger charge is -2.34. The fourth-order valence-electron chi connectivity index (χ4n) is 4.48. The molecule has 3 heterocycles. The molecule has 0 N–H and O–H groups in total. The van der Waals surface area contributed by atoms with E-state index in [-0.39, 0.29) is 10.8 Å². The first-order valence-corrected chi connectivity index (χ1v) is 13.9. The Morgan fingerprint density at radius 2 is 1.65 bits per heavy atom. The number of amides is 1. The molecule has 3 aromatic rings. The summed E-state index contributed by atoms with van der Waals surface area (Å²) in [5, 5.41) is 3.12. The normalized spacial score (nSPS) is 17.8. The fourth-order valence-corrected chi connectivity index (χ4v) is 6.86. The van der Waals surface area contributed by atoms with E-state index in [9.17, 15) is 13.2 Å². The monoisotopic (exact) mass is 496 g/mol. The number of piperazine rings is 1. The van der Waals surface area contributed by atoms with Crippen LogP contribution in [0.25, 0.3) is 10.6 Å². The third-order valence-corrected chi connectivity index (χ3v) is 9.24. The summed E-state index contributed by atoms with van der Waals surface area (Å²) in [7, 11) is -3.54. The molecule has 2 fully saturated rings. The van der Waals surface area contributed by atoms with Crippen molar-refractivity contribution in [1.29, 1.82) is 0 Å². The molecule has 1 aromatic heterocycles. The Morgan fingerprint density at radius 1 is 0.912 bits per heavy atom. The van der Waals surface area contributed by atoms with Crippen LogP contribution in [-0.2, 0) is 16.6 Å². The Hall–Kier alpha value is -2.59. The number of carbonyl (C=O) groups is 1. The highest BCUT2D eigenvalue weighted by atomic mass is 32.2. The smallest absolute Gasteiger partial charge is 0.253 e. The number of benzene rings is 2. The maximum absolute atomic E-state index is 13.1. The van der Waals surface area contributed by atoms with Crippen molar-refractivity contribution in [2.75, 3.05) is 39.3 Å². The number of hydrogen-bond donors (Lipinski definition) is 0. The van der Waals surface area contributed by atoms with Crippen LogP contribution in [0.3, 0.4) is 0 Å². The van der Waals surface area contributed by atoms with E-state index in [1.165, 1.54) is 10.4 Å². The van der Waals surface area contributed by atoms with E-state index in [0.717, 1.165) is 48.7 Å². The Bertz CT molecular complexity index is 1250. The van der Waals surface area contributed by atoms with Gasteiger partial charge in [0, 0.05) is 62.3 Å². The van der Waals surface area contributed by atoms with Crippen LogP contribution in [0.5, 0.6) is 0 Å². The lowest BCUT2D eigenvalue weighted by molar-refractivity contribution is 0.0627. The summed E-state index contributed by atoms with van der Waals surface area (Å²) in [6, 6.07) is 16.7. The van der Waals surface area contributed by atoms with Crippen LogP contribution in [0.15, 0.2) is 64.9 Å². The predicted molar refractivity (Wildman–Crippen MR) is 133 cm³/mol. The molecule has 0 unspecified atom stereocenters. The zero-order chi connectivity index (χ0) is 23.5. The van der Waals surface area contributed by atoms with Gasteiger partial charge in [-0.25, -0.2) is 13.4 Å². The van der Waals surface area contributed by atoms with Crippen molar-refractivity contribution < 1.29 is 13.2 Å². The minimum Gasteiger partial charge on any atom is -0.336 e. The van der Waals surface area contributed by atoms with Crippen LogP contribution in [0.4, 0.5) is 0 Å². The minimum absolute atomic E-state index is 0.113. The summed E-state index contributed by atoms with van der Waals surface area (Å²) in [5.41, 5.74) is 2.60. The molecule has 0 atom stereocenters. The molecule has 2 aliphatic heterocycles. The standard InChI is InChI=1S/C25H28N4O3S2/c30-25(21-9-6-10-23(17-21)34(31,32)29-11-4-5-12-29)28-15-13-27(14-16-28)18-22-19-33-24(26-22)20-7-2-1-3-8-20/h1-3,6-10,17,19H,4-5,11-16,18H2. The van der Waals surface area contributed by atoms with E-state index in [1.54, 1.807) is 29.5 Å². The van der Waals surface area contributed by atoms with Gasteiger partial charge in [0.1, 0.15) is 5.01 Å². The van der Waals surface area contributed by atoms with Gasteiger partial charge in [0.25, 0.3) is 5.91 Å². The first kappa shape index (κ1) is 23.2. The van der Waals surface area contributed by atoms with Gasteiger partial charge in [0.05, 0.1) is 10.6 Å². The van der Waals surface area contributed by atoms with Crippen molar-refractivity contribution in [3.05, 3.63) is 71.2 Å². The number of aromatic nitrogens is 1.